The van der Waals surface area contributed by atoms with Crippen LogP contribution in [0.4, 0.5) is 0 Å². The van der Waals surface area contributed by atoms with Gasteiger partial charge in [-0.05, 0) is 12.5 Å². The Hall–Kier alpha value is -1.84. The number of aliphatic carboxylic acids is 1. The minimum absolute atomic E-state index is 0.411. The van der Waals surface area contributed by atoms with Gasteiger partial charge in [0.2, 0.25) is 0 Å². The van der Waals surface area contributed by atoms with Crippen molar-refractivity contribution in [2.24, 2.45) is 5.92 Å². The Morgan fingerprint density at radius 3 is 3.20 bits per heavy atom. The summed E-state index contributed by atoms with van der Waals surface area (Å²) >= 11 is 0. The highest BCUT2D eigenvalue weighted by molar-refractivity contribution is 5.80. The molecule has 2 rings (SSSR count). The van der Waals surface area contributed by atoms with Crippen LogP contribution in [-0.2, 0) is 11.2 Å². The Morgan fingerprint density at radius 1 is 1.67 bits per heavy atom. The normalized spacial score (nSPS) is 12.9. The zero-order valence-corrected chi connectivity index (χ0v) is 8.30. The van der Waals surface area contributed by atoms with Gasteiger partial charge in [-0.15, -0.1) is 0 Å². The second-order valence-corrected chi connectivity index (χ2v) is 3.58. The average molecular weight is 205 g/mol. The van der Waals surface area contributed by atoms with Crippen LogP contribution in [0.3, 0.4) is 0 Å². The monoisotopic (exact) mass is 205 g/mol. The summed E-state index contributed by atoms with van der Waals surface area (Å²) < 4.78 is 5.30. The van der Waals surface area contributed by atoms with Crippen LogP contribution < -0.4 is 0 Å². The molecule has 0 aliphatic rings. The number of pyridine rings is 1. The van der Waals surface area contributed by atoms with Crippen molar-refractivity contribution in [3.63, 3.8) is 0 Å². The van der Waals surface area contributed by atoms with E-state index in [9.17, 15) is 4.79 Å². The van der Waals surface area contributed by atoms with E-state index >= 15 is 0 Å². The molecule has 15 heavy (non-hydrogen) atoms. The van der Waals surface area contributed by atoms with Gasteiger partial charge in [0.15, 0.2) is 0 Å². The quantitative estimate of drug-likeness (QED) is 0.833. The smallest absolute Gasteiger partial charge is 0.306 e. The van der Waals surface area contributed by atoms with Gasteiger partial charge in [-0.25, -0.2) is 0 Å². The van der Waals surface area contributed by atoms with E-state index in [0.717, 1.165) is 16.5 Å². The highest BCUT2D eigenvalue weighted by Crippen LogP contribution is 2.22. The van der Waals surface area contributed by atoms with Gasteiger partial charge in [-0.1, -0.05) is 6.92 Å². The molecule has 1 N–H and O–H groups in total. The fraction of sp³-hybridized carbons (Fsp3) is 0.273. The van der Waals surface area contributed by atoms with Crippen LogP contribution in [0.5, 0.6) is 0 Å². The van der Waals surface area contributed by atoms with Crippen LogP contribution >= 0.6 is 0 Å². The maximum Gasteiger partial charge on any atom is 0.306 e. The van der Waals surface area contributed by atoms with Crippen molar-refractivity contribution in [3.8, 4) is 0 Å². The van der Waals surface area contributed by atoms with Crippen molar-refractivity contribution in [2.75, 3.05) is 0 Å². The molecule has 0 amide bonds. The third-order valence-corrected chi connectivity index (χ3v) is 2.40. The van der Waals surface area contributed by atoms with Crippen molar-refractivity contribution in [1.29, 1.82) is 0 Å². The number of carboxylic acids is 1. The summed E-state index contributed by atoms with van der Waals surface area (Å²) in [5.74, 6) is -1.21. The Morgan fingerprint density at radius 2 is 2.47 bits per heavy atom. The SMILES string of the molecule is CC(Cc1coc2ccncc12)C(=O)O. The van der Waals surface area contributed by atoms with Gasteiger partial charge in [0.05, 0.1) is 12.2 Å². The number of carboxylic acid groups (broad SMARTS) is 1. The summed E-state index contributed by atoms with van der Waals surface area (Å²) in [7, 11) is 0. The first-order valence-corrected chi connectivity index (χ1v) is 4.71. The van der Waals surface area contributed by atoms with E-state index in [4.69, 9.17) is 9.52 Å². The van der Waals surface area contributed by atoms with Crippen LogP contribution in [0, 0.1) is 5.92 Å². The Labute approximate surface area is 86.5 Å². The Bertz CT molecular complexity index is 489. The van der Waals surface area contributed by atoms with Gasteiger partial charge in [0, 0.05) is 23.3 Å². The number of hydrogen-bond acceptors (Lipinski definition) is 3. The number of fused-ring (bicyclic) bond motifs is 1. The number of hydrogen-bond donors (Lipinski definition) is 1. The van der Waals surface area contributed by atoms with Crippen LogP contribution in [0.2, 0.25) is 0 Å². The first-order chi connectivity index (χ1) is 7.18. The molecule has 0 aromatic carbocycles. The van der Waals surface area contributed by atoms with Crippen LogP contribution in [0.15, 0.2) is 29.1 Å². The molecular weight excluding hydrogens is 194 g/mol. The molecular formula is C11H11NO3. The topological polar surface area (TPSA) is 63.3 Å². The molecule has 0 bridgehead atoms. The number of carbonyl (C=O) groups is 1. The molecule has 0 saturated heterocycles. The van der Waals surface area contributed by atoms with Crippen molar-refractivity contribution in [1.82, 2.24) is 4.98 Å². The van der Waals surface area contributed by atoms with Gasteiger partial charge in [-0.3, -0.25) is 9.78 Å². The van der Waals surface area contributed by atoms with Gasteiger partial charge in [0.25, 0.3) is 0 Å². The number of rotatable bonds is 3. The number of furan rings is 1. The Kier molecular flexibility index (Phi) is 2.41. The molecule has 1 atom stereocenters. The summed E-state index contributed by atoms with van der Waals surface area (Å²) in [5.41, 5.74) is 1.64. The molecule has 0 fully saturated rings. The lowest BCUT2D eigenvalue weighted by Gasteiger charge is -2.03. The van der Waals surface area contributed by atoms with Gasteiger partial charge in [-0.2, -0.15) is 0 Å². The maximum atomic E-state index is 10.7. The van der Waals surface area contributed by atoms with Crippen LogP contribution in [0.25, 0.3) is 11.0 Å². The Balaban J connectivity index is 2.32. The summed E-state index contributed by atoms with van der Waals surface area (Å²) in [4.78, 5) is 14.7. The van der Waals surface area contributed by atoms with E-state index in [1.807, 2.05) is 0 Å². The summed E-state index contributed by atoms with van der Waals surface area (Å²) in [6.07, 6.45) is 5.42. The predicted molar refractivity (Wildman–Crippen MR) is 54.5 cm³/mol. The molecule has 4 heteroatoms. The lowest BCUT2D eigenvalue weighted by molar-refractivity contribution is -0.141. The van der Waals surface area contributed by atoms with Crippen molar-refractivity contribution in [3.05, 3.63) is 30.3 Å². The maximum absolute atomic E-state index is 10.7. The lowest BCUT2D eigenvalue weighted by atomic mass is 10.0. The molecule has 0 aliphatic heterocycles. The summed E-state index contributed by atoms with van der Waals surface area (Å²) in [6, 6.07) is 1.77. The van der Waals surface area contributed by atoms with Gasteiger partial charge in [0.1, 0.15) is 5.58 Å². The lowest BCUT2D eigenvalue weighted by Crippen LogP contribution is -2.11. The molecule has 4 nitrogen and oxygen atoms in total. The first kappa shape index (κ1) is 9.71. The zero-order chi connectivity index (χ0) is 10.8. The molecule has 1 unspecified atom stereocenters. The third-order valence-electron chi connectivity index (χ3n) is 2.40. The van der Waals surface area contributed by atoms with Crippen molar-refractivity contribution in [2.45, 2.75) is 13.3 Å². The van der Waals surface area contributed by atoms with E-state index in [-0.39, 0.29) is 0 Å². The largest absolute Gasteiger partial charge is 0.481 e. The highest BCUT2D eigenvalue weighted by Gasteiger charge is 2.15. The van der Waals surface area contributed by atoms with E-state index in [1.165, 1.54) is 0 Å². The number of nitrogens with zero attached hydrogens (tertiary/aromatic N) is 1. The third kappa shape index (κ3) is 1.83. The minimum atomic E-state index is -0.798. The minimum Gasteiger partial charge on any atom is -0.481 e. The molecule has 2 aromatic heterocycles. The molecule has 2 aromatic rings. The van der Waals surface area contributed by atoms with E-state index in [0.29, 0.717) is 6.42 Å². The zero-order valence-electron chi connectivity index (χ0n) is 8.30. The molecule has 0 aliphatic carbocycles. The standard InChI is InChI=1S/C11H11NO3/c1-7(11(13)14)4-8-6-15-10-2-3-12-5-9(8)10/h2-3,5-7H,4H2,1H3,(H,13,14). The fourth-order valence-electron chi connectivity index (χ4n) is 1.50. The van der Waals surface area contributed by atoms with E-state index < -0.39 is 11.9 Å². The highest BCUT2D eigenvalue weighted by atomic mass is 16.4. The van der Waals surface area contributed by atoms with Crippen molar-refractivity contribution < 1.29 is 14.3 Å². The fourth-order valence-corrected chi connectivity index (χ4v) is 1.50. The second-order valence-electron chi connectivity index (χ2n) is 3.58. The van der Waals surface area contributed by atoms with E-state index in [1.54, 1.807) is 31.6 Å². The molecule has 0 radical (unpaired) electrons. The van der Waals surface area contributed by atoms with E-state index in [2.05, 4.69) is 4.98 Å². The molecule has 2 heterocycles. The molecule has 0 spiro atoms. The molecule has 78 valence electrons. The predicted octanol–water partition coefficient (Wildman–Crippen LogP) is 2.09. The van der Waals surface area contributed by atoms with Gasteiger partial charge < -0.3 is 9.52 Å². The van der Waals surface area contributed by atoms with Crippen molar-refractivity contribution >= 4 is 16.9 Å². The molecule has 0 saturated carbocycles. The van der Waals surface area contributed by atoms with Crippen LogP contribution in [-0.4, -0.2) is 16.1 Å². The second kappa shape index (κ2) is 3.73. The van der Waals surface area contributed by atoms with Gasteiger partial charge >= 0.3 is 5.97 Å². The summed E-state index contributed by atoms with van der Waals surface area (Å²) in [5, 5.41) is 9.70. The summed E-state index contributed by atoms with van der Waals surface area (Å²) in [6.45, 7) is 1.68. The first-order valence-electron chi connectivity index (χ1n) is 4.71. The number of aromatic nitrogens is 1. The average Bonchev–Trinajstić information content (AvgIpc) is 2.62. The van der Waals surface area contributed by atoms with Crippen LogP contribution in [0.1, 0.15) is 12.5 Å².